The van der Waals surface area contributed by atoms with Crippen molar-refractivity contribution in [1.82, 2.24) is 4.98 Å². The Bertz CT molecular complexity index is 795. The number of halogens is 2. The number of aromatic amines is 1. The summed E-state index contributed by atoms with van der Waals surface area (Å²) in [7, 11) is 0. The van der Waals surface area contributed by atoms with E-state index < -0.39 is 0 Å². The van der Waals surface area contributed by atoms with Gasteiger partial charge in [-0.25, -0.2) is 0 Å². The summed E-state index contributed by atoms with van der Waals surface area (Å²) in [6.07, 6.45) is 1.84. The first kappa shape index (κ1) is 13.0. The van der Waals surface area contributed by atoms with Crippen LogP contribution in [0, 0.1) is 0 Å². The van der Waals surface area contributed by atoms with E-state index >= 15 is 0 Å². The average Bonchev–Trinajstić information content (AvgIpc) is 2.89. The lowest BCUT2D eigenvalue weighted by Gasteiger charge is -2.07. The molecule has 0 aliphatic heterocycles. The third-order valence-corrected chi connectivity index (χ3v) is 3.54. The zero-order valence-corrected chi connectivity index (χ0v) is 11.8. The molecule has 5 heteroatoms. The number of hydrogen-bond acceptors (Lipinski definition) is 1. The maximum absolute atomic E-state index is 12.2. The van der Waals surface area contributed by atoms with Gasteiger partial charge in [-0.15, -0.1) is 0 Å². The topological polar surface area (TPSA) is 44.9 Å². The van der Waals surface area contributed by atoms with Crippen molar-refractivity contribution in [3.8, 4) is 0 Å². The van der Waals surface area contributed by atoms with Crippen LogP contribution in [0.4, 0.5) is 5.69 Å². The fraction of sp³-hybridized carbons (Fsp3) is 0. The molecule has 0 bridgehead atoms. The number of carbonyl (C=O) groups excluding carboxylic acids is 1. The zero-order chi connectivity index (χ0) is 14.1. The minimum atomic E-state index is -0.211. The van der Waals surface area contributed by atoms with Gasteiger partial charge in [0.25, 0.3) is 5.91 Å². The highest BCUT2D eigenvalue weighted by Crippen LogP contribution is 2.26. The standard InChI is InChI=1S/C15H10Cl2N2O/c16-11-2-4-14(12(17)8-11)19-15(20)10-1-3-13-9(7-10)5-6-18-13/h1-8,18H,(H,19,20). The van der Waals surface area contributed by atoms with Crippen LogP contribution in [0.15, 0.2) is 48.7 Å². The minimum Gasteiger partial charge on any atom is -0.361 e. The molecular formula is C15H10Cl2N2O. The van der Waals surface area contributed by atoms with E-state index in [1.807, 2.05) is 24.4 Å². The van der Waals surface area contributed by atoms with Crippen molar-refractivity contribution in [1.29, 1.82) is 0 Å². The smallest absolute Gasteiger partial charge is 0.255 e. The second-order valence-corrected chi connectivity index (χ2v) is 5.20. The summed E-state index contributed by atoms with van der Waals surface area (Å²) >= 11 is 11.9. The SMILES string of the molecule is O=C(Nc1ccc(Cl)cc1Cl)c1ccc2[nH]ccc2c1. The van der Waals surface area contributed by atoms with Gasteiger partial charge < -0.3 is 10.3 Å². The summed E-state index contributed by atoms with van der Waals surface area (Å²) in [6, 6.07) is 12.3. The number of nitrogens with one attached hydrogen (secondary N) is 2. The number of fused-ring (bicyclic) bond motifs is 1. The van der Waals surface area contributed by atoms with E-state index in [1.165, 1.54) is 0 Å². The van der Waals surface area contributed by atoms with Gasteiger partial charge in [-0.3, -0.25) is 4.79 Å². The first-order valence-corrected chi connectivity index (χ1v) is 6.72. The van der Waals surface area contributed by atoms with Gasteiger partial charge in [0.2, 0.25) is 0 Å². The van der Waals surface area contributed by atoms with E-state index in [1.54, 1.807) is 24.3 Å². The third kappa shape index (κ3) is 2.50. The lowest BCUT2D eigenvalue weighted by molar-refractivity contribution is 0.102. The molecule has 1 heterocycles. The lowest BCUT2D eigenvalue weighted by atomic mass is 10.1. The Balaban J connectivity index is 1.88. The molecule has 2 N–H and O–H groups in total. The maximum atomic E-state index is 12.2. The summed E-state index contributed by atoms with van der Waals surface area (Å²) < 4.78 is 0. The number of anilines is 1. The molecule has 3 rings (SSSR count). The number of amides is 1. The molecule has 20 heavy (non-hydrogen) atoms. The summed E-state index contributed by atoms with van der Waals surface area (Å²) in [5.74, 6) is -0.211. The van der Waals surface area contributed by atoms with Crippen molar-refractivity contribution in [2.75, 3.05) is 5.32 Å². The third-order valence-electron chi connectivity index (χ3n) is 2.99. The Labute approximate surface area is 125 Å². The molecule has 0 spiro atoms. The molecule has 100 valence electrons. The van der Waals surface area contributed by atoms with Crippen LogP contribution in [0.25, 0.3) is 10.9 Å². The van der Waals surface area contributed by atoms with Crippen LogP contribution >= 0.6 is 23.2 Å². The Morgan fingerprint density at radius 2 is 1.90 bits per heavy atom. The van der Waals surface area contributed by atoms with Gasteiger partial charge in [0.15, 0.2) is 0 Å². The summed E-state index contributed by atoms with van der Waals surface area (Å²) in [4.78, 5) is 15.3. The average molecular weight is 305 g/mol. The Hall–Kier alpha value is -1.97. The summed E-state index contributed by atoms with van der Waals surface area (Å²) in [5, 5.41) is 4.70. The highest BCUT2D eigenvalue weighted by molar-refractivity contribution is 6.36. The molecule has 0 unspecified atom stereocenters. The minimum absolute atomic E-state index is 0.211. The summed E-state index contributed by atoms with van der Waals surface area (Å²) in [5.41, 5.74) is 2.10. The number of hydrogen-bond donors (Lipinski definition) is 2. The second kappa shape index (κ2) is 5.19. The van der Waals surface area contributed by atoms with Gasteiger partial charge in [0.05, 0.1) is 10.7 Å². The lowest BCUT2D eigenvalue weighted by Crippen LogP contribution is -2.12. The van der Waals surface area contributed by atoms with Crippen LogP contribution < -0.4 is 5.32 Å². The molecule has 1 aromatic heterocycles. The van der Waals surface area contributed by atoms with Gasteiger partial charge in [0.1, 0.15) is 0 Å². The van der Waals surface area contributed by atoms with E-state index in [4.69, 9.17) is 23.2 Å². The van der Waals surface area contributed by atoms with Crippen LogP contribution in [0.5, 0.6) is 0 Å². The second-order valence-electron chi connectivity index (χ2n) is 4.36. The largest absolute Gasteiger partial charge is 0.361 e. The van der Waals surface area contributed by atoms with Crippen molar-refractivity contribution in [2.45, 2.75) is 0 Å². The van der Waals surface area contributed by atoms with Crippen molar-refractivity contribution in [3.63, 3.8) is 0 Å². The molecule has 0 atom stereocenters. The molecule has 0 fully saturated rings. The van der Waals surface area contributed by atoms with Crippen LogP contribution in [-0.2, 0) is 0 Å². The van der Waals surface area contributed by atoms with Crippen LogP contribution in [0.3, 0.4) is 0 Å². The first-order chi connectivity index (χ1) is 9.63. The van der Waals surface area contributed by atoms with Gasteiger partial charge in [-0.1, -0.05) is 23.2 Å². The highest BCUT2D eigenvalue weighted by atomic mass is 35.5. The number of carbonyl (C=O) groups is 1. The molecular weight excluding hydrogens is 295 g/mol. The molecule has 0 aliphatic carbocycles. The van der Waals surface area contributed by atoms with Gasteiger partial charge >= 0.3 is 0 Å². The Morgan fingerprint density at radius 1 is 1.05 bits per heavy atom. The van der Waals surface area contributed by atoms with Crippen LogP contribution in [0.1, 0.15) is 10.4 Å². The number of aromatic nitrogens is 1. The van der Waals surface area contributed by atoms with Crippen LogP contribution in [-0.4, -0.2) is 10.9 Å². The molecule has 0 radical (unpaired) electrons. The van der Waals surface area contributed by atoms with Crippen molar-refractivity contribution in [2.24, 2.45) is 0 Å². The number of benzene rings is 2. The molecule has 2 aromatic carbocycles. The quantitative estimate of drug-likeness (QED) is 0.706. The van der Waals surface area contributed by atoms with E-state index in [9.17, 15) is 4.79 Å². The van der Waals surface area contributed by atoms with Gasteiger partial charge in [0, 0.05) is 27.7 Å². The first-order valence-electron chi connectivity index (χ1n) is 5.97. The predicted molar refractivity (Wildman–Crippen MR) is 82.7 cm³/mol. The van der Waals surface area contributed by atoms with Gasteiger partial charge in [-0.05, 0) is 42.5 Å². The number of H-pyrrole nitrogens is 1. The zero-order valence-electron chi connectivity index (χ0n) is 10.3. The molecule has 0 saturated carbocycles. The fourth-order valence-corrected chi connectivity index (χ4v) is 2.44. The van der Waals surface area contributed by atoms with E-state index in [-0.39, 0.29) is 5.91 Å². The van der Waals surface area contributed by atoms with Crippen molar-refractivity contribution < 1.29 is 4.79 Å². The molecule has 0 saturated heterocycles. The number of rotatable bonds is 2. The molecule has 1 amide bonds. The fourth-order valence-electron chi connectivity index (χ4n) is 1.98. The van der Waals surface area contributed by atoms with Gasteiger partial charge in [-0.2, -0.15) is 0 Å². The Morgan fingerprint density at radius 3 is 2.70 bits per heavy atom. The highest BCUT2D eigenvalue weighted by Gasteiger charge is 2.09. The van der Waals surface area contributed by atoms with Crippen molar-refractivity contribution >= 4 is 45.7 Å². The normalized spacial score (nSPS) is 10.7. The molecule has 0 aliphatic rings. The molecule has 3 aromatic rings. The molecule has 3 nitrogen and oxygen atoms in total. The van der Waals surface area contributed by atoms with E-state index in [2.05, 4.69) is 10.3 Å². The van der Waals surface area contributed by atoms with E-state index in [0.717, 1.165) is 10.9 Å². The van der Waals surface area contributed by atoms with Crippen molar-refractivity contribution in [3.05, 3.63) is 64.3 Å². The summed E-state index contributed by atoms with van der Waals surface area (Å²) in [6.45, 7) is 0. The van der Waals surface area contributed by atoms with Crippen LogP contribution in [0.2, 0.25) is 10.0 Å². The Kier molecular flexibility index (Phi) is 3.38. The monoisotopic (exact) mass is 304 g/mol. The van der Waals surface area contributed by atoms with E-state index in [0.29, 0.717) is 21.3 Å². The maximum Gasteiger partial charge on any atom is 0.255 e. The predicted octanol–water partition coefficient (Wildman–Crippen LogP) is 4.73.